The van der Waals surface area contributed by atoms with Crippen molar-refractivity contribution in [3.8, 4) is 11.4 Å². The summed E-state index contributed by atoms with van der Waals surface area (Å²) in [4.78, 5) is 2.61. The van der Waals surface area contributed by atoms with Crippen LogP contribution in [0.5, 0.6) is 5.75 Å². The zero-order valence-corrected chi connectivity index (χ0v) is 18.0. The van der Waals surface area contributed by atoms with E-state index in [9.17, 15) is 0 Å². The second kappa shape index (κ2) is 9.58. The van der Waals surface area contributed by atoms with E-state index in [4.69, 9.17) is 26.8 Å². The maximum absolute atomic E-state index is 5.82. The van der Waals surface area contributed by atoms with Crippen LogP contribution in [0, 0.1) is 4.77 Å². The van der Waals surface area contributed by atoms with Crippen molar-refractivity contribution >= 4 is 24.0 Å². The molecule has 2 aromatic carbocycles. The largest absolute Gasteiger partial charge is 0.497 e. The molecule has 1 aliphatic rings. The van der Waals surface area contributed by atoms with E-state index < -0.39 is 0 Å². The van der Waals surface area contributed by atoms with E-state index in [0.29, 0.717) is 0 Å². The number of morpholine rings is 1. The highest BCUT2D eigenvalue weighted by molar-refractivity contribution is 7.98. The van der Waals surface area contributed by atoms with Gasteiger partial charge in [0.05, 0.1) is 26.1 Å². The highest BCUT2D eigenvalue weighted by Gasteiger charge is 2.19. The molecule has 0 aliphatic carbocycles. The van der Waals surface area contributed by atoms with Crippen molar-refractivity contribution in [2.24, 2.45) is 0 Å². The van der Waals surface area contributed by atoms with Crippen LogP contribution in [0.15, 0.2) is 59.5 Å². The Balaban J connectivity index is 1.59. The number of nitrogens with one attached hydrogen (secondary N) is 1. The molecule has 29 heavy (non-hydrogen) atoms. The summed E-state index contributed by atoms with van der Waals surface area (Å²) in [7, 11) is 1.68. The van der Waals surface area contributed by atoms with Gasteiger partial charge in [0.15, 0.2) is 6.67 Å². The van der Waals surface area contributed by atoms with E-state index in [2.05, 4.69) is 28.8 Å². The first-order valence-corrected chi connectivity index (χ1v) is 11.1. The number of thioether (sulfide) groups is 1. The van der Waals surface area contributed by atoms with Crippen molar-refractivity contribution in [1.29, 1.82) is 0 Å². The first-order chi connectivity index (χ1) is 14.2. The Morgan fingerprint density at radius 2 is 1.83 bits per heavy atom. The average Bonchev–Trinajstić information content (AvgIpc) is 3.09. The van der Waals surface area contributed by atoms with E-state index in [0.717, 1.165) is 60.8 Å². The Morgan fingerprint density at radius 3 is 2.52 bits per heavy atom. The minimum absolute atomic E-state index is 0.732. The van der Waals surface area contributed by atoms with Gasteiger partial charge < -0.3 is 14.4 Å². The van der Waals surface area contributed by atoms with Crippen molar-refractivity contribution < 1.29 is 14.4 Å². The van der Waals surface area contributed by atoms with E-state index >= 15 is 0 Å². The van der Waals surface area contributed by atoms with Crippen LogP contribution >= 0.6 is 24.0 Å². The lowest BCUT2D eigenvalue weighted by atomic mass is 10.3. The van der Waals surface area contributed by atoms with Gasteiger partial charge in [0, 0.05) is 10.6 Å². The van der Waals surface area contributed by atoms with Gasteiger partial charge in [-0.2, -0.15) is 9.78 Å². The van der Waals surface area contributed by atoms with Crippen molar-refractivity contribution in [2.75, 3.05) is 33.4 Å². The summed E-state index contributed by atoms with van der Waals surface area (Å²) in [6.45, 7) is 4.32. The predicted molar refractivity (Wildman–Crippen MR) is 116 cm³/mol. The van der Waals surface area contributed by atoms with Gasteiger partial charge in [-0.3, -0.25) is 4.57 Å². The summed E-state index contributed by atoms with van der Waals surface area (Å²) in [5, 5.41) is 4.90. The van der Waals surface area contributed by atoms with Gasteiger partial charge in [-0.15, -0.1) is 11.8 Å². The number of hydrogen-bond acceptors (Lipinski definition) is 5. The van der Waals surface area contributed by atoms with E-state index in [1.165, 1.54) is 9.80 Å². The first kappa shape index (κ1) is 20.2. The van der Waals surface area contributed by atoms with Crippen LogP contribution < -0.4 is 9.64 Å². The summed E-state index contributed by atoms with van der Waals surface area (Å²) < 4.78 is 15.5. The molecule has 8 heteroatoms. The molecule has 0 amide bonds. The molecule has 0 bridgehead atoms. The van der Waals surface area contributed by atoms with Crippen molar-refractivity contribution in [3.05, 3.63) is 65.2 Å². The average molecular weight is 430 g/mol. The van der Waals surface area contributed by atoms with Crippen LogP contribution in [0.25, 0.3) is 5.69 Å². The summed E-state index contributed by atoms with van der Waals surface area (Å²) in [5.41, 5.74) is 1.05. The normalized spacial score (nSPS) is 14.8. The Kier molecular flexibility index (Phi) is 6.66. The van der Waals surface area contributed by atoms with E-state index in [-0.39, 0.29) is 0 Å². The standard InChI is InChI=1S/C21H24N4O2S2/c1-26-18-7-9-19(10-8-18)29-15-20-22-24(16-23-11-13-27-14-12-23)21(28)25(20)17-5-3-2-4-6-17/h2-10H,11-16H2,1H3/p+1. The number of quaternary nitrogens is 1. The van der Waals surface area contributed by atoms with Crippen LogP contribution in [0.1, 0.15) is 5.82 Å². The molecule has 3 aromatic rings. The molecule has 0 spiro atoms. The Labute approximate surface area is 180 Å². The lowest BCUT2D eigenvalue weighted by molar-refractivity contribution is -0.930. The molecule has 1 aromatic heterocycles. The van der Waals surface area contributed by atoms with E-state index in [1.807, 2.05) is 35.0 Å². The van der Waals surface area contributed by atoms with Gasteiger partial charge in [0.25, 0.3) is 0 Å². The zero-order chi connectivity index (χ0) is 20.1. The molecule has 1 aliphatic heterocycles. The van der Waals surface area contributed by atoms with Crippen molar-refractivity contribution in [2.45, 2.75) is 17.3 Å². The molecule has 0 unspecified atom stereocenters. The fourth-order valence-corrected chi connectivity index (χ4v) is 4.46. The lowest BCUT2D eigenvalue weighted by Crippen LogP contribution is -3.13. The molecule has 6 nitrogen and oxygen atoms in total. The molecule has 1 N–H and O–H groups in total. The molecule has 0 saturated carbocycles. The molecule has 0 radical (unpaired) electrons. The minimum atomic E-state index is 0.732. The first-order valence-electron chi connectivity index (χ1n) is 9.67. The number of hydrogen-bond donors (Lipinski definition) is 1. The van der Waals surface area contributed by atoms with Gasteiger partial charge in [0.2, 0.25) is 4.77 Å². The summed E-state index contributed by atoms with van der Waals surface area (Å²) in [6, 6.07) is 18.3. The van der Waals surface area contributed by atoms with Gasteiger partial charge in [-0.05, 0) is 48.6 Å². The van der Waals surface area contributed by atoms with Crippen LogP contribution in [-0.2, 0) is 17.2 Å². The Morgan fingerprint density at radius 1 is 1.10 bits per heavy atom. The number of rotatable bonds is 7. The molecular weight excluding hydrogens is 404 g/mol. The highest BCUT2D eigenvalue weighted by Crippen LogP contribution is 2.25. The topological polar surface area (TPSA) is 45.6 Å². The number of para-hydroxylation sites is 1. The number of benzene rings is 2. The van der Waals surface area contributed by atoms with Gasteiger partial charge >= 0.3 is 0 Å². The maximum atomic E-state index is 5.82. The molecule has 1 saturated heterocycles. The number of nitrogens with zero attached hydrogens (tertiary/aromatic N) is 3. The Hall–Kier alpha value is -2.13. The fourth-order valence-electron chi connectivity index (χ4n) is 3.34. The number of ether oxygens (including phenoxy) is 2. The number of methoxy groups -OCH3 is 1. The third-order valence-electron chi connectivity index (χ3n) is 4.92. The molecule has 4 rings (SSSR count). The second-order valence-corrected chi connectivity index (χ2v) is 8.27. The third-order valence-corrected chi connectivity index (χ3v) is 6.32. The van der Waals surface area contributed by atoms with Crippen LogP contribution in [0.3, 0.4) is 0 Å². The minimum Gasteiger partial charge on any atom is -0.497 e. The van der Waals surface area contributed by atoms with Crippen molar-refractivity contribution in [3.63, 3.8) is 0 Å². The quantitative estimate of drug-likeness (QED) is 0.462. The monoisotopic (exact) mass is 429 g/mol. The van der Waals surface area contributed by atoms with Crippen LogP contribution in [0.2, 0.25) is 0 Å². The van der Waals surface area contributed by atoms with Crippen LogP contribution in [0.4, 0.5) is 0 Å². The van der Waals surface area contributed by atoms with Crippen LogP contribution in [-0.4, -0.2) is 47.8 Å². The molecule has 2 heterocycles. The van der Waals surface area contributed by atoms with Crippen molar-refractivity contribution in [1.82, 2.24) is 14.3 Å². The fraction of sp³-hybridized carbons (Fsp3) is 0.333. The van der Waals surface area contributed by atoms with Gasteiger partial charge in [-0.25, -0.2) is 0 Å². The third kappa shape index (κ3) is 4.90. The summed E-state index contributed by atoms with van der Waals surface area (Å²) >= 11 is 7.56. The zero-order valence-electron chi connectivity index (χ0n) is 16.4. The lowest BCUT2D eigenvalue weighted by Gasteiger charge is -2.23. The maximum Gasteiger partial charge on any atom is 0.207 e. The predicted octanol–water partition coefficient (Wildman–Crippen LogP) is 2.58. The summed E-state index contributed by atoms with van der Waals surface area (Å²) in [5.74, 6) is 2.55. The number of aromatic nitrogens is 3. The second-order valence-electron chi connectivity index (χ2n) is 6.85. The smallest absolute Gasteiger partial charge is 0.207 e. The highest BCUT2D eigenvalue weighted by atomic mass is 32.2. The van der Waals surface area contributed by atoms with Gasteiger partial charge in [-0.1, -0.05) is 18.2 Å². The molecule has 1 fully saturated rings. The SMILES string of the molecule is COc1ccc(SCc2nn(C[NH+]3CCOCC3)c(=S)n2-c2ccccc2)cc1. The van der Waals surface area contributed by atoms with Gasteiger partial charge in [0.1, 0.15) is 24.7 Å². The summed E-state index contributed by atoms with van der Waals surface area (Å²) in [6.07, 6.45) is 0. The Bertz CT molecular complexity index is 980. The molecule has 0 atom stereocenters. The molecular formula is C21H25N4O2S2+. The molecule has 152 valence electrons. The van der Waals surface area contributed by atoms with E-state index in [1.54, 1.807) is 18.9 Å².